The molecule has 2 nitrogen and oxygen atoms in total. The maximum atomic E-state index is 5.70. The minimum absolute atomic E-state index is 0.341. The van der Waals surface area contributed by atoms with E-state index in [0.29, 0.717) is 18.1 Å². The van der Waals surface area contributed by atoms with Crippen molar-refractivity contribution in [3.63, 3.8) is 0 Å². The minimum Gasteiger partial charge on any atom is -0.491 e. The Hall–Kier alpha value is -1.02. The van der Waals surface area contributed by atoms with Gasteiger partial charge < -0.3 is 9.47 Å². The van der Waals surface area contributed by atoms with Crippen LogP contribution >= 0.6 is 0 Å². The van der Waals surface area contributed by atoms with Crippen LogP contribution in [0.3, 0.4) is 0 Å². The van der Waals surface area contributed by atoms with Crippen molar-refractivity contribution >= 4 is 0 Å². The van der Waals surface area contributed by atoms with Crippen molar-refractivity contribution in [2.24, 2.45) is 5.92 Å². The summed E-state index contributed by atoms with van der Waals surface area (Å²) < 4.78 is 10.8. The van der Waals surface area contributed by atoms with Crippen molar-refractivity contribution in [2.45, 2.75) is 43.6 Å². The molecule has 3 aliphatic rings. The number of benzene rings is 1. The molecule has 18 heavy (non-hydrogen) atoms. The van der Waals surface area contributed by atoms with Crippen molar-refractivity contribution in [1.29, 1.82) is 0 Å². The van der Waals surface area contributed by atoms with Crippen LogP contribution in [0.1, 0.15) is 37.7 Å². The van der Waals surface area contributed by atoms with Crippen LogP contribution in [0.15, 0.2) is 24.3 Å². The Morgan fingerprint density at radius 2 is 1.89 bits per heavy atom. The van der Waals surface area contributed by atoms with E-state index in [1.807, 2.05) is 0 Å². The van der Waals surface area contributed by atoms with Crippen LogP contribution in [0.5, 0.6) is 5.75 Å². The molecule has 0 N–H and O–H groups in total. The number of hydrogen-bond acceptors (Lipinski definition) is 2. The van der Waals surface area contributed by atoms with Crippen molar-refractivity contribution < 1.29 is 9.47 Å². The quantitative estimate of drug-likeness (QED) is 0.758. The Balaban J connectivity index is 1.48. The van der Waals surface area contributed by atoms with Crippen LogP contribution in [-0.2, 0) is 10.2 Å². The van der Waals surface area contributed by atoms with Crippen LogP contribution in [0.25, 0.3) is 0 Å². The first-order chi connectivity index (χ1) is 8.84. The van der Waals surface area contributed by atoms with Gasteiger partial charge in [0.1, 0.15) is 18.5 Å². The topological polar surface area (TPSA) is 21.8 Å². The summed E-state index contributed by atoms with van der Waals surface area (Å²) in [5.41, 5.74) is 2.06. The molecule has 2 heteroatoms. The summed E-state index contributed by atoms with van der Waals surface area (Å²) in [4.78, 5) is 0. The van der Waals surface area contributed by atoms with Gasteiger partial charge in [0, 0.05) is 0 Å². The molecule has 3 fully saturated rings. The van der Waals surface area contributed by atoms with E-state index < -0.39 is 0 Å². The molecule has 1 aliphatic heterocycles. The van der Waals surface area contributed by atoms with E-state index >= 15 is 0 Å². The Bertz CT molecular complexity index is 425. The van der Waals surface area contributed by atoms with E-state index in [0.717, 1.165) is 18.3 Å². The predicted octanol–water partition coefficient (Wildman–Crippen LogP) is 3.30. The monoisotopic (exact) mass is 244 g/mol. The number of ether oxygens (including phenoxy) is 2. The molecule has 0 spiro atoms. The molecular formula is C16H20O2. The third-order valence-electron chi connectivity index (χ3n) is 5.05. The van der Waals surface area contributed by atoms with Crippen molar-refractivity contribution in [3.8, 4) is 5.75 Å². The fourth-order valence-corrected chi connectivity index (χ4v) is 3.86. The van der Waals surface area contributed by atoms with Gasteiger partial charge in [-0.3, -0.25) is 0 Å². The number of hydrogen-bond donors (Lipinski definition) is 0. The third-order valence-corrected chi connectivity index (χ3v) is 5.05. The summed E-state index contributed by atoms with van der Waals surface area (Å²) in [6.07, 6.45) is 7.44. The van der Waals surface area contributed by atoms with Gasteiger partial charge in [-0.15, -0.1) is 0 Å². The lowest BCUT2D eigenvalue weighted by atomic mass is 9.78. The second-order valence-electron chi connectivity index (χ2n) is 6.22. The van der Waals surface area contributed by atoms with Gasteiger partial charge in [-0.2, -0.15) is 0 Å². The maximum Gasteiger partial charge on any atom is 0.119 e. The highest BCUT2D eigenvalue weighted by Crippen LogP contribution is 2.55. The lowest BCUT2D eigenvalue weighted by Gasteiger charge is -2.27. The summed E-state index contributed by atoms with van der Waals surface area (Å²) in [5, 5.41) is 0. The number of fused-ring (bicyclic) bond motifs is 2. The molecule has 0 amide bonds. The normalized spacial score (nSPS) is 36.9. The molecule has 2 bridgehead atoms. The predicted molar refractivity (Wildman–Crippen MR) is 69.9 cm³/mol. The van der Waals surface area contributed by atoms with Crippen molar-refractivity contribution in [3.05, 3.63) is 29.8 Å². The SMILES string of the molecule is c1cc(C23CCC(CC2)C3)ccc1OCC1CO1. The van der Waals surface area contributed by atoms with Gasteiger partial charge in [-0.1, -0.05) is 12.1 Å². The summed E-state index contributed by atoms with van der Waals surface area (Å²) in [6.45, 7) is 1.56. The standard InChI is InChI=1S/C16H20O2/c1-3-14(17-10-15-11-18-15)4-2-13(1)16-7-5-12(9-16)6-8-16/h1-4,12,15H,5-11H2. The lowest BCUT2D eigenvalue weighted by molar-refractivity contribution is 0.263. The van der Waals surface area contributed by atoms with E-state index in [9.17, 15) is 0 Å². The Morgan fingerprint density at radius 3 is 2.44 bits per heavy atom. The lowest BCUT2D eigenvalue weighted by Crippen LogP contribution is -2.19. The largest absolute Gasteiger partial charge is 0.491 e. The average molecular weight is 244 g/mol. The number of rotatable bonds is 4. The minimum atomic E-state index is 0.341. The molecule has 0 aromatic heterocycles. The van der Waals surface area contributed by atoms with Gasteiger partial charge in [0.2, 0.25) is 0 Å². The number of epoxide rings is 1. The highest BCUT2D eigenvalue weighted by atomic mass is 16.6. The zero-order valence-corrected chi connectivity index (χ0v) is 10.7. The highest BCUT2D eigenvalue weighted by molar-refractivity contribution is 5.34. The molecule has 1 aromatic rings. The van der Waals surface area contributed by atoms with Gasteiger partial charge in [0.05, 0.1) is 6.61 Å². The van der Waals surface area contributed by atoms with Crippen molar-refractivity contribution in [1.82, 2.24) is 0 Å². The van der Waals surface area contributed by atoms with Crippen LogP contribution in [0.4, 0.5) is 0 Å². The summed E-state index contributed by atoms with van der Waals surface area (Å²) >= 11 is 0. The molecule has 1 unspecified atom stereocenters. The van der Waals surface area contributed by atoms with Gasteiger partial charge in [0.15, 0.2) is 0 Å². The molecule has 2 saturated carbocycles. The van der Waals surface area contributed by atoms with Crippen LogP contribution in [0.2, 0.25) is 0 Å². The van der Waals surface area contributed by atoms with Crippen LogP contribution < -0.4 is 4.74 Å². The fraction of sp³-hybridized carbons (Fsp3) is 0.625. The summed E-state index contributed by atoms with van der Waals surface area (Å²) in [5.74, 6) is 1.99. The zero-order chi connectivity index (χ0) is 12.0. The Morgan fingerprint density at radius 1 is 1.17 bits per heavy atom. The van der Waals surface area contributed by atoms with Crippen LogP contribution in [-0.4, -0.2) is 19.3 Å². The Labute approximate surface area is 108 Å². The second-order valence-corrected chi connectivity index (χ2v) is 6.22. The van der Waals surface area contributed by atoms with E-state index in [2.05, 4.69) is 24.3 Å². The molecule has 1 aromatic carbocycles. The van der Waals surface area contributed by atoms with Gasteiger partial charge in [-0.05, 0) is 61.1 Å². The van der Waals surface area contributed by atoms with E-state index in [-0.39, 0.29) is 0 Å². The summed E-state index contributed by atoms with van der Waals surface area (Å²) in [7, 11) is 0. The van der Waals surface area contributed by atoms with E-state index in [4.69, 9.17) is 9.47 Å². The van der Waals surface area contributed by atoms with E-state index in [1.165, 1.54) is 37.7 Å². The molecular weight excluding hydrogens is 224 g/mol. The Kier molecular flexibility index (Phi) is 2.41. The fourth-order valence-electron chi connectivity index (χ4n) is 3.86. The molecule has 0 radical (unpaired) electrons. The summed E-state index contributed by atoms with van der Waals surface area (Å²) in [6, 6.07) is 8.85. The van der Waals surface area contributed by atoms with Gasteiger partial charge >= 0.3 is 0 Å². The molecule has 2 aliphatic carbocycles. The molecule has 96 valence electrons. The first kappa shape index (κ1) is 10.9. The second kappa shape index (κ2) is 3.99. The average Bonchev–Trinajstić information content (AvgIpc) is 3.03. The first-order valence-corrected chi connectivity index (χ1v) is 7.19. The molecule has 1 heterocycles. The molecule has 1 saturated heterocycles. The smallest absolute Gasteiger partial charge is 0.119 e. The van der Waals surface area contributed by atoms with Gasteiger partial charge in [0.25, 0.3) is 0 Å². The van der Waals surface area contributed by atoms with E-state index in [1.54, 1.807) is 0 Å². The van der Waals surface area contributed by atoms with Crippen LogP contribution in [0, 0.1) is 5.92 Å². The highest BCUT2D eigenvalue weighted by Gasteiger charge is 2.45. The van der Waals surface area contributed by atoms with Gasteiger partial charge in [-0.25, -0.2) is 0 Å². The van der Waals surface area contributed by atoms with Crippen molar-refractivity contribution in [2.75, 3.05) is 13.2 Å². The zero-order valence-electron chi connectivity index (χ0n) is 10.7. The molecule has 1 atom stereocenters. The first-order valence-electron chi connectivity index (χ1n) is 7.19. The molecule has 4 rings (SSSR count). The maximum absolute atomic E-state index is 5.70. The third kappa shape index (κ3) is 1.83.